The molecule has 1 saturated carbocycles. The maximum absolute atomic E-state index is 11.7. The van der Waals surface area contributed by atoms with E-state index in [9.17, 15) is 4.79 Å². The van der Waals surface area contributed by atoms with E-state index in [0.29, 0.717) is 17.6 Å². The maximum atomic E-state index is 11.7. The van der Waals surface area contributed by atoms with Crippen LogP contribution in [0.4, 0.5) is 15.5 Å². The van der Waals surface area contributed by atoms with Gasteiger partial charge in [0.2, 0.25) is 0 Å². The second-order valence-electron chi connectivity index (χ2n) is 4.29. The summed E-state index contributed by atoms with van der Waals surface area (Å²) in [5.41, 5.74) is 2.36. The van der Waals surface area contributed by atoms with Crippen LogP contribution in [0.5, 0.6) is 5.88 Å². The molecule has 1 amide bonds. The average Bonchev–Trinajstić information content (AvgIpc) is 3.12. The van der Waals surface area contributed by atoms with Crippen LogP contribution in [0.15, 0.2) is 35.8 Å². The number of aromatic nitrogens is 1. The highest BCUT2D eigenvalue weighted by molar-refractivity contribution is 7.14. The van der Waals surface area contributed by atoms with Crippen LogP contribution in [0.3, 0.4) is 0 Å². The van der Waals surface area contributed by atoms with Crippen molar-refractivity contribution in [1.29, 1.82) is 0 Å². The number of amides is 1. The molecule has 0 saturated heterocycles. The molecule has 5 nitrogen and oxygen atoms in total. The van der Waals surface area contributed by atoms with Crippen LogP contribution in [0.25, 0.3) is 0 Å². The average molecular weight is 275 g/mol. The van der Waals surface area contributed by atoms with Crippen molar-refractivity contribution in [3.05, 3.63) is 35.8 Å². The molecule has 2 N–H and O–H groups in total. The van der Waals surface area contributed by atoms with Gasteiger partial charge >= 0.3 is 6.09 Å². The number of ether oxygens (including phenoxy) is 1. The number of para-hydroxylation sites is 1. The molecular formula is C13H13N3O2S. The highest BCUT2D eigenvalue weighted by Gasteiger charge is 2.24. The third-order valence-electron chi connectivity index (χ3n) is 2.66. The molecule has 0 radical (unpaired) electrons. The molecule has 0 bridgehead atoms. The molecule has 19 heavy (non-hydrogen) atoms. The Balaban J connectivity index is 1.61. The lowest BCUT2D eigenvalue weighted by Crippen LogP contribution is -2.17. The minimum absolute atomic E-state index is 0.338. The first-order chi connectivity index (χ1) is 9.31. The van der Waals surface area contributed by atoms with Gasteiger partial charge in [0.05, 0.1) is 5.51 Å². The molecule has 0 aliphatic heterocycles. The van der Waals surface area contributed by atoms with E-state index in [1.54, 1.807) is 17.6 Å². The van der Waals surface area contributed by atoms with Crippen molar-refractivity contribution >= 4 is 28.1 Å². The largest absolute Gasteiger partial charge is 0.418 e. The lowest BCUT2D eigenvalue weighted by molar-refractivity contribution is 0.214. The number of rotatable bonds is 4. The Bertz CT molecular complexity index is 566. The van der Waals surface area contributed by atoms with Crippen LogP contribution >= 0.6 is 11.3 Å². The Morgan fingerprint density at radius 1 is 1.32 bits per heavy atom. The molecule has 1 aliphatic carbocycles. The van der Waals surface area contributed by atoms with E-state index in [0.717, 1.165) is 17.8 Å². The molecule has 1 fully saturated rings. The van der Waals surface area contributed by atoms with Crippen molar-refractivity contribution in [1.82, 2.24) is 4.98 Å². The number of benzene rings is 1. The monoisotopic (exact) mass is 275 g/mol. The highest BCUT2D eigenvalue weighted by atomic mass is 32.1. The minimum Gasteiger partial charge on any atom is -0.388 e. The summed E-state index contributed by atoms with van der Waals surface area (Å²) in [7, 11) is 0. The fourth-order valence-corrected chi connectivity index (χ4v) is 2.25. The first-order valence-corrected chi connectivity index (χ1v) is 6.93. The molecule has 1 aliphatic rings. The minimum atomic E-state index is -0.532. The first kappa shape index (κ1) is 12.0. The molecule has 6 heteroatoms. The van der Waals surface area contributed by atoms with E-state index in [1.807, 2.05) is 18.2 Å². The molecule has 0 spiro atoms. The van der Waals surface area contributed by atoms with Crippen molar-refractivity contribution in [3.8, 4) is 5.88 Å². The van der Waals surface area contributed by atoms with Gasteiger partial charge in [-0.1, -0.05) is 18.2 Å². The number of carbonyl (C=O) groups is 1. The second kappa shape index (κ2) is 5.27. The number of nitrogens with zero attached hydrogens (tertiary/aromatic N) is 1. The Morgan fingerprint density at radius 3 is 2.84 bits per heavy atom. The summed E-state index contributed by atoms with van der Waals surface area (Å²) in [5.74, 6) is 0.338. The molecule has 1 aromatic heterocycles. The predicted molar refractivity (Wildman–Crippen MR) is 74.8 cm³/mol. The fraction of sp³-hybridized carbons (Fsp3) is 0.231. The van der Waals surface area contributed by atoms with E-state index >= 15 is 0 Å². The number of hydrogen-bond acceptors (Lipinski definition) is 5. The molecule has 2 aromatic rings. The van der Waals surface area contributed by atoms with Gasteiger partial charge in [0.15, 0.2) is 5.00 Å². The lowest BCUT2D eigenvalue weighted by Gasteiger charge is -2.06. The zero-order valence-electron chi connectivity index (χ0n) is 10.1. The Labute approximate surface area is 114 Å². The summed E-state index contributed by atoms with van der Waals surface area (Å²) >= 11 is 1.44. The van der Waals surface area contributed by atoms with Crippen LogP contribution in [0.2, 0.25) is 0 Å². The fourth-order valence-electron chi connectivity index (χ4n) is 1.57. The van der Waals surface area contributed by atoms with Crippen LogP contribution in [0, 0.1) is 0 Å². The predicted octanol–water partition coefficient (Wildman–Crippen LogP) is 3.33. The Morgan fingerprint density at radius 2 is 2.11 bits per heavy atom. The van der Waals surface area contributed by atoms with Gasteiger partial charge in [0.1, 0.15) is 0 Å². The summed E-state index contributed by atoms with van der Waals surface area (Å²) in [5, 5.41) is 6.75. The van der Waals surface area contributed by atoms with E-state index in [4.69, 9.17) is 4.74 Å². The number of thiazole rings is 1. The van der Waals surface area contributed by atoms with Crippen LogP contribution in [-0.2, 0) is 0 Å². The molecule has 1 heterocycles. The zero-order chi connectivity index (χ0) is 13.1. The number of nitrogens with one attached hydrogen (secondary N) is 2. The molecule has 3 rings (SSSR count). The first-order valence-electron chi connectivity index (χ1n) is 6.05. The lowest BCUT2D eigenvalue weighted by atomic mass is 10.3. The van der Waals surface area contributed by atoms with Crippen molar-refractivity contribution in [2.45, 2.75) is 18.9 Å². The Kier molecular flexibility index (Phi) is 3.33. The summed E-state index contributed by atoms with van der Waals surface area (Å²) in [6, 6.07) is 9.67. The van der Waals surface area contributed by atoms with Crippen molar-refractivity contribution in [3.63, 3.8) is 0 Å². The van der Waals surface area contributed by atoms with Gasteiger partial charge in [-0.3, -0.25) is 5.32 Å². The van der Waals surface area contributed by atoms with Gasteiger partial charge in [-0.25, -0.2) is 9.78 Å². The molecule has 0 unspecified atom stereocenters. The Hall–Kier alpha value is -2.08. The third-order valence-corrected chi connectivity index (χ3v) is 3.40. The van der Waals surface area contributed by atoms with Crippen molar-refractivity contribution in [2.75, 3.05) is 10.6 Å². The standard InChI is InChI=1S/C13H13N3O2S/c17-13(16-9-4-2-1-3-5-9)18-11-12(19-8-14-11)15-10-6-7-10/h1-5,8,10,15H,6-7H2,(H,16,17). The molecule has 98 valence electrons. The smallest absolute Gasteiger partial charge is 0.388 e. The van der Waals surface area contributed by atoms with E-state index in [1.165, 1.54) is 11.3 Å². The number of carbonyl (C=O) groups excluding carboxylic acids is 1. The maximum Gasteiger partial charge on any atom is 0.418 e. The zero-order valence-corrected chi connectivity index (χ0v) is 10.9. The molecule has 1 aromatic carbocycles. The topological polar surface area (TPSA) is 63.2 Å². The molecule has 0 atom stereocenters. The summed E-state index contributed by atoms with van der Waals surface area (Å²) < 4.78 is 5.20. The highest BCUT2D eigenvalue weighted by Crippen LogP contribution is 2.33. The van der Waals surface area contributed by atoms with Gasteiger partial charge in [0.25, 0.3) is 5.88 Å². The number of anilines is 2. The summed E-state index contributed by atoms with van der Waals surface area (Å²) in [6.07, 6.45) is 1.79. The summed E-state index contributed by atoms with van der Waals surface area (Å²) in [6.45, 7) is 0. The van der Waals surface area contributed by atoms with Gasteiger partial charge in [-0.15, -0.1) is 11.3 Å². The van der Waals surface area contributed by atoms with Crippen molar-refractivity contribution < 1.29 is 9.53 Å². The van der Waals surface area contributed by atoms with Crippen molar-refractivity contribution in [2.24, 2.45) is 0 Å². The summed E-state index contributed by atoms with van der Waals surface area (Å²) in [4.78, 5) is 15.8. The molecular weight excluding hydrogens is 262 g/mol. The quantitative estimate of drug-likeness (QED) is 0.898. The second-order valence-corrected chi connectivity index (χ2v) is 5.14. The van der Waals surface area contributed by atoms with E-state index in [2.05, 4.69) is 15.6 Å². The van der Waals surface area contributed by atoms with E-state index < -0.39 is 6.09 Å². The van der Waals surface area contributed by atoms with Crippen LogP contribution in [-0.4, -0.2) is 17.1 Å². The van der Waals surface area contributed by atoms with Gasteiger partial charge in [-0.2, -0.15) is 0 Å². The number of hydrogen-bond donors (Lipinski definition) is 2. The van der Waals surface area contributed by atoms with Crippen LogP contribution < -0.4 is 15.4 Å². The SMILES string of the molecule is O=C(Nc1ccccc1)Oc1ncsc1NC1CC1. The van der Waals surface area contributed by atoms with Gasteiger partial charge < -0.3 is 10.1 Å². The van der Waals surface area contributed by atoms with Gasteiger partial charge in [0, 0.05) is 11.7 Å². The van der Waals surface area contributed by atoms with Crippen LogP contribution in [0.1, 0.15) is 12.8 Å². The normalized spacial score (nSPS) is 13.9. The van der Waals surface area contributed by atoms with E-state index in [-0.39, 0.29) is 0 Å². The third kappa shape index (κ3) is 3.23. The van der Waals surface area contributed by atoms with Gasteiger partial charge in [-0.05, 0) is 25.0 Å².